The minimum atomic E-state index is -0.0299. The molecule has 0 spiro atoms. The Hall–Kier alpha value is -2.79. The van der Waals surface area contributed by atoms with Gasteiger partial charge in [0.15, 0.2) is 0 Å². The molecule has 0 bridgehead atoms. The zero-order chi connectivity index (χ0) is 20.5. The first-order chi connectivity index (χ1) is 13.9. The summed E-state index contributed by atoms with van der Waals surface area (Å²) in [4.78, 5) is 17.4. The number of amides is 1. The third kappa shape index (κ3) is 4.15. The quantitative estimate of drug-likeness (QED) is 0.721. The number of carbonyl (C=O) groups excluding carboxylic acids is 1. The summed E-state index contributed by atoms with van der Waals surface area (Å²) in [5.41, 5.74) is 7.43. The summed E-state index contributed by atoms with van der Waals surface area (Å²) in [5, 5.41) is 4.06. The van der Waals surface area contributed by atoms with Crippen LogP contribution in [0.1, 0.15) is 22.3 Å². The normalized spacial score (nSPS) is 15.1. The van der Waals surface area contributed by atoms with Crippen molar-refractivity contribution < 1.29 is 9.21 Å². The molecule has 2 heterocycles. The standard InChI is InChI=1S/C24H29N3O2/c1-16-12-21-19(15-29-23(21)13-17(16)2)14-24(28)25-20-5-6-22(18(3)11-20)27-9-7-26(4)8-10-27/h5-6,11-13,15H,7-10,14H2,1-4H3,(H,25,28). The third-order valence-corrected chi connectivity index (χ3v) is 5.95. The van der Waals surface area contributed by atoms with Gasteiger partial charge in [0.2, 0.25) is 5.91 Å². The largest absolute Gasteiger partial charge is 0.464 e. The number of aryl methyl sites for hydroxylation is 3. The van der Waals surface area contributed by atoms with Gasteiger partial charge < -0.3 is 19.5 Å². The number of nitrogens with one attached hydrogen (secondary N) is 1. The minimum Gasteiger partial charge on any atom is -0.464 e. The fourth-order valence-corrected chi connectivity index (χ4v) is 3.99. The van der Waals surface area contributed by atoms with Crippen molar-refractivity contribution in [2.24, 2.45) is 0 Å². The molecule has 1 saturated heterocycles. The van der Waals surface area contributed by atoms with Crippen molar-refractivity contribution in [2.75, 3.05) is 43.4 Å². The van der Waals surface area contributed by atoms with E-state index in [0.717, 1.165) is 48.4 Å². The predicted molar refractivity (Wildman–Crippen MR) is 119 cm³/mol. The molecule has 0 atom stereocenters. The van der Waals surface area contributed by atoms with Crippen LogP contribution in [-0.2, 0) is 11.2 Å². The molecule has 152 valence electrons. The highest BCUT2D eigenvalue weighted by molar-refractivity contribution is 5.95. The summed E-state index contributed by atoms with van der Waals surface area (Å²) in [6.45, 7) is 10.5. The molecule has 1 fully saturated rings. The zero-order valence-electron chi connectivity index (χ0n) is 17.7. The Kier molecular flexibility index (Phi) is 5.33. The Bertz CT molecular complexity index is 1050. The number of fused-ring (bicyclic) bond motifs is 1. The van der Waals surface area contributed by atoms with Gasteiger partial charge in [0, 0.05) is 48.5 Å². The number of hydrogen-bond donors (Lipinski definition) is 1. The SMILES string of the molecule is Cc1cc2occ(CC(=O)Nc3ccc(N4CCN(C)CC4)c(C)c3)c2cc1C. The lowest BCUT2D eigenvalue weighted by molar-refractivity contribution is -0.115. The van der Waals surface area contributed by atoms with Crippen molar-refractivity contribution in [3.8, 4) is 0 Å². The lowest BCUT2D eigenvalue weighted by Crippen LogP contribution is -2.44. The number of carbonyl (C=O) groups is 1. The lowest BCUT2D eigenvalue weighted by atomic mass is 10.0. The average Bonchev–Trinajstić information content (AvgIpc) is 3.04. The van der Waals surface area contributed by atoms with Crippen LogP contribution in [0.15, 0.2) is 41.0 Å². The number of anilines is 2. The van der Waals surface area contributed by atoms with Crippen molar-refractivity contribution in [3.05, 3.63) is 58.8 Å². The van der Waals surface area contributed by atoms with Gasteiger partial charge in [-0.25, -0.2) is 0 Å². The van der Waals surface area contributed by atoms with Crippen LogP contribution in [0.3, 0.4) is 0 Å². The average molecular weight is 392 g/mol. The fourth-order valence-electron chi connectivity index (χ4n) is 3.99. The van der Waals surface area contributed by atoms with Gasteiger partial charge in [-0.2, -0.15) is 0 Å². The Balaban J connectivity index is 1.45. The number of furan rings is 1. The van der Waals surface area contributed by atoms with E-state index in [4.69, 9.17) is 4.42 Å². The topological polar surface area (TPSA) is 48.7 Å². The van der Waals surface area contributed by atoms with E-state index in [0.29, 0.717) is 6.42 Å². The second-order valence-electron chi connectivity index (χ2n) is 8.21. The molecule has 1 aliphatic heterocycles. The second kappa shape index (κ2) is 7.91. The van der Waals surface area contributed by atoms with Crippen molar-refractivity contribution in [3.63, 3.8) is 0 Å². The first kappa shape index (κ1) is 19.5. The summed E-state index contributed by atoms with van der Waals surface area (Å²) in [5.74, 6) is -0.0299. The van der Waals surface area contributed by atoms with E-state index in [9.17, 15) is 4.79 Å². The number of benzene rings is 2. The number of likely N-dealkylation sites (N-methyl/N-ethyl adjacent to an activating group) is 1. The molecule has 1 aromatic heterocycles. The molecule has 1 aliphatic rings. The summed E-state index contributed by atoms with van der Waals surface area (Å²) in [6, 6.07) is 10.3. The minimum absolute atomic E-state index is 0.0299. The molecule has 1 N–H and O–H groups in total. The predicted octanol–water partition coefficient (Wildman–Crippen LogP) is 4.29. The second-order valence-corrected chi connectivity index (χ2v) is 8.21. The van der Waals surface area contributed by atoms with E-state index in [-0.39, 0.29) is 5.91 Å². The maximum Gasteiger partial charge on any atom is 0.228 e. The Morgan fingerprint density at radius 1 is 1.00 bits per heavy atom. The number of hydrogen-bond acceptors (Lipinski definition) is 4. The van der Waals surface area contributed by atoms with E-state index < -0.39 is 0 Å². The van der Waals surface area contributed by atoms with Crippen molar-refractivity contribution in [1.29, 1.82) is 0 Å². The molecule has 2 aromatic carbocycles. The van der Waals surface area contributed by atoms with E-state index in [1.54, 1.807) is 6.26 Å². The van der Waals surface area contributed by atoms with Gasteiger partial charge in [-0.3, -0.25) is 4.79 Å². The highest BCUT2D eigenvalue weighted by atomic mass is 16.3. The van der Waals surface area contributed by atoms with Crippen LogP contribution in [0.5, 0.6) is 0 Å². The van der Waals surface area contributed by atoms with Crippen LogP contribution in [0.25, 0.3) is 11.0 Å². The summed E-state index contributed by atoms with van der Waals surface area (Å²) >= 11 is 0. The molecular formula is C24H29N3O2. The monoisotopic (exact) mass is 391 g/mol. The first-order valence-corrected chi connectivity index (χ1v) is 10.2. The third-order valence-electron chi connectivity index (χ3n) is 5.95. The molecule has 5 nitrogen and oxygen atoms in total. The van der Waals surface area contributed by atoms with Gasteiger partial charge in [-0.1, -0.05) is 0 Å². The van der Waals surface area contributed by atoms with Crippen LogP contribution >= 0.6 is 0 Å². The van der Waals surface area contributed by atoms with Crippen LogP contribution in [0.2, 0.25) is 0 Å². The maximum absolute atomic E-state index is 12.6. The zero-order valence-corrected chi connectivity index (χ0v) is 17.7. The number of piperazine rings is 1. The van der Waals surface area contributed by atoms with E-state index in [2.05, 4.69) is 61.1 Å². The molecule has 0 aliphatic carbocycles. The van der Waals surface area contributed by atoms with Gasteiger partial charge in [-0.05, 0) is 74.8 Å². The van der Waals surface area contributed by atoms with E-state index in [1.165, 1.54) is 22.4 Å². The first-order valence-electron chi connectivity index (χ1n) is 10.2. The lowest BCUT2D eigenvalue weighted by Gasteiger charge is -2.35. The maximum atomic E-state index is 12.6. The molecule has 5 heteroatoms. The molecule has 0 unspecified atom stereocenters. The van der Waals surface area contributed by atoms with Crippen LogP contribution in [0, 0.1) is 20.8 Å². The van der Waals surface area contributed by atoms with Crippen LogP contribution in [0.4, 0.5) is 11.4 Å². The van der Waals surface area contributed by atoms with Crippen LogP contribution in [-0.4, -0.2) is 44.0 Å². The van der Waals surface area contributed by atoms with Crippen LogP contribution < -0.4 is 10.2 Å². The van der Waals surface area contributed by atoms with Gasteiger partial charge in [0.25, 0.3) is 0 Å². The van der Waals surface area contributed by atoms with E-state index >= 15 is 0 Å². The van der Waals surface area contributed by atoms with Gasteiger partial charge in [0.1, 0.15) is 5.58 Å². The number of rotatable bonds is 4. The molecule has 0 radical (unpaired) electrons. The summed E-state index contributed by atoms with van der Waals surface area (Å²) in [7, 11) is 2.16. The van der Waals surface area contributed by atoms with E-state index in [1.807, 2.05) is 12.1 Å². The Morgan fingerprint density at radius 2 is 1.72 bits per heavy atom. The highest BCUT2D eigenvalue weighted by Crippen LogP contribution is 2.27. The molecule has 3 aromatic rings. The van der Waals surface area contributed by atoms with Crippen molar-refractivity contribution in [2.45, 2.75) is 27.2 Å². The van der Waals surface area contributed by atoms with Gasteiger partial charge in [-0.15, -0.1) is 0 Å². The smallest absolute Gasteiger partial charge is 0.228 e. The van der Waals surface area contributed by atoms with Crippen molar-refractivity contribution in [1.82, 2.24) is 4.90 Å². The molecule has 4 rings (SSSR count). The Labute approximate surface area is 172 Å². The summed E-state index contributed by atoms with van der Waals surface area (Å²) < 4.78 is 5.66. The van der Waals surface area contributed by atoms with Gasteiger partial charge >= 0.3 is 0 Å². The highest BCUT2D eigenvalue weighted by Gasteiger charge is 2.17. The van der Waals surface area contributed by atoms with Crippen molar-refractivity contribution >= 4 is 28.3 Å². The molecule has 29 heavy (non-hydrogen) atoms. The Morgan fingerprint density at radius 3 is 2.45 bits per heavy atom. The summed E-state index contributed by atoms with van der Waals surface area (Å²) in [6.07, 6.45) is 2.00. The van der Waals surface area contributed by atoms with Gasteiger partial charge in [0.05, 0.1) is 12.7 Å². The fraction of sp³-hybridized carbons (Fsp3) is 0.375. The number of nitrogens with zero attached hydrogens (tertiary/aromatic N) is 2. The molecular weight excluding hydrogens is 362 g/mol. The molecule has 0 saturated carbocycles. The molecule has 1 amide bonds.